The Morgan fingerprint density at radius 1 is 1.23 bits per heavy atom. The van der Waals surface area contributed by atoms with E-state index in [1.807, 2.05) is 18.5 Å². The lowest BCUT2D eigenvalue weighted by atomic mass is 9.89. The van der Waals surface area contributed by atoms with Crippen molar-refractivity contribution in [2.24, 2.45) is 10.9 Å². The number of hydrogen-bond donors (Lipinski definition) is 2. The Bertz CT molecular complexity index is 679. The molecular weight excluding hydrogens is 342 g/mol. The van der Waals surface area contributed by atoms with Crippen molar-refractivity contribution in [2.45, 2.75) is 53.0 Å². The highest BCUT2D eigenvalue weighted by Crippen LogP contribution is 2.22. The van der Waals surface area contributed by atoms with Gasteiger partial charge in [-0.15, -0.1) is 11.3 Å². The maximum Gasteiger partial charge on any atom is 0.191 e. The van der Waals surface area contributed by atoms with Gasteiger partial charge in [0.15, 0.2) is 5.96 Å². The number of guanidine groups is 1. The van der Waals surface area contributed by atoms with Gasteiger partial charge in [0, 0.05) is 36.8 Å². The monoisotopic (exact) mass is 373 g/mol. The predicted octanol–water partition coefficient (Wildman–Crippen LogP) is 4.16. The molecule has 0 saturated heterocycles. The molecule has 0 amide bonds. The van der Waals surface area contributed by atoms with Gasteiger partial charge in [0.25, 0.3) is 0 Å². The van der Waals surface area contributed by atoms with Crippen LogP contribution in [-0.2, 0) is 6.54 Å². The van der Waals surface area contributed by atoms with E-state index < -0.39 is 0 Å². The molecule has 26 heavy (non-hydrogen) atoms. The minimum Gasteiger partial charge on any atom is -0.357 e. The summed E-state index contributed by atoms with van der Waals surface area (Å²) in [6, 6.07) is 4.14. The zero-order valence-electron chi connectivity index (χ0n) is 16.5. The van der Waals surface area contributed by atoms with Crippen molar-refractivity contribution in [3.63, 3.8) is 0 Å². The summed E-state index contributed by atoms with van der Waals surface area (Å²) in [7, 11) is 0. The van der Waals surface area contributed by atoms with E-state index in [4.69, 9.17) is 4.99 Å². The van der Waals surface area contributed by atoms with Crippen LogP contribution in [0.5, 0.6) is 0 Å². The molecule has 0 aliphatic carbocycles. The highest BCUT2D eigenvalue weighted by Gasteiger charge is 2.16. The zero-order valence-corrected chi connectivity index (χ0v) is 17.3. The molecule has 0 radical (unpaired) electrons. The van der Waals surface area contributed by atoms with Crippen molar-refractivity contribution < 1.29 is 0 Å². The van der Waals surface area contributed by atoms with E-state index in [1.54, 1.807) is 11.3 Å². The zero-order chi connectivity index (χ0) is 18.9. The number of pyridine rings is 1. The van der Waals surface area contributed by atoms with Crippen molar-refractivity contribution in [3.8, 4) is 0 Å². The van der Waals surface area contributed by atoms with Crippen molar-refractivity contribution in [1.29, 1.82) is 0 Å². The minimum absolute atomic E-state index is 0.389. The van der Waals surface area contributed by atoms with Crippen LogP contribution in [0, 0.1) is 5.92 Å². The van der Waals surface area contributed by atoms with Crippen molar-refractivity contribution >= 4 is 17.3 Å². The van der Waals surface area contributed by atoms with E-state index in [0.29, 0.717) is 24.3 Å². The fourth-order valence-corrected chi connectivity index (χ4v) is 3.57. The average molecular weight is 374 g/mol. The van der Waals surface area contributed by atoms with Gasteiger partial charge in [0.2, 0.25) is 0 Å². The average Bonchev–Trinajstić information content (AvgIpc) is 3.10. The summed E-state index contributed by atoms with van der Waals surface area (Å²) in [5.74, 6) is 2.20. The van der Waals surface area contributed by atoms with Crippen molar-refractivity contribution in [1.82, 2.24) is 20.6 Å². The standard InChI is InChI=1S/C20H31N5S/c1-6-22-20(24-12-19-25-18(13-26-19)15(4)5)23-11-17(14(2)3)16-8-7-9-21-10-16/h7-10,13-15,17H,6,11-12H2,1-5H3,(H2,22,23,24). The van der Waals surface area contributed by atoms with Gasteiger partial charge in [0.05, 0.1) is 12.2 Å². The van der Waals surface area contributed by atoms with Crippen LogP contribution < -0.4 is 10.6 Å². The molecule has 2 N–H and O–H groups in total. The summed E-state index contributed by atoms with van der Waals surface area (Å²) < 4.78 is 0. The third-order valence-electron chi connectivity index (χ3n) is 4.28. The van der Waals surface area contributed by atoms with Gasteiger partial charge in [-0.2, -0.15) is 0 Å². The Hall–Kier alpha value is -1.95. The van der Waals surface area contributed by atoms with Crippen LogP contribution in [0.25, 0.3) is 0 Å². The molecule has 0 aliphatic heterocycles. The molecule has 0 fully saturated rings. The predicted molar refractivity (Wildman–Crippen MR) is 111 cm³/mol. The molecule has 0 spiro atoms. The number of rotatable bonds is 8. The highest BCUT2D eigenvalue weighted by molar-refractivity contribution is 7.09. The number of nitrogens with one attached hydrogen (secondary N) is 2. The number of aliphatic imine (C=N–C) groups is 1. The third-order valence-corrected chi connectivity index (χ3v) is 5.14. The van der Waals surface area contributed by atoms with Gasteiger partial charge in [-0.1, -0.05) is 33.8 Å². The molecule has 2 rings (SSSR count). The lowest BCUT2D eigenvalue weighted by Crippen LogP contribution is -2.40. The van der Waals surface area contributed by atoms with E-state index in [9.17, 15) is 0 Å². The molecule has 6 heteroatoms. The van der Waals surface area contributed by atoms with Gasteiger partial charge in [-0.25, -0.2) is 9.98 Å². The first kappa shape index (κ1) is 20.4. The second-order valence-corrected chi connectivity index (χ2v) is 7.98. The number of aromatic nitrogens is 2. The molecular formula is C20H31N5S. The van der Waals surface area contributed by atoms with Crippen LogP contribution in [0.15, 0.2) is 34.9 Å². The Morgan fingerprint density at radius 2 is 2.04 bits per heavy atom. The van der Waals surface area contributed by atoms with E-state index in [0.717, 1.165) is 29.8 Å². The molecule has 0 saturated carbocycles. The van der Waals surface area contributed by atoms with Crippen molar-refractivity contribution in [3.05, 3.63) is 46.2 Å². The molecule has 2 heterocycles. The van der Waals surface area contributed by atoms with Crippen LogP contribution in [0.4, 0.5) is 0 Å². The molecule has 5 nitrogen and oxygen atoms in total. The van der Waals surface area contributed by atoms with E-state index in [1.165, 1.54) is 5.56 Å². The summed E-state index contributed by atoms with van der Waals surface area (Å²) in [6.07, 6.45) is 3.78. The van der Waals surface area contributed by atoms with E-state index >= 15 is 0 Å². The number of thiazole rings is 1. The highest BCUT2D eigenvalue weighted by atomic mass is 32.1. The summed E-state index contributed by atoms with van der Waals surface area (Å²) >= 11 is 1.68. The largest absolute Gasteiger partial charge is 0.357 e. The first-order chi connectivity index (χ1) is 12.5. The topological polar surface area (TPSA) is 62.2 Å². The van der Waals surface area contributed by atoms with Gasteiger partial charge in [-0.3, -0.25) is 4.98 Å². The SMILES string of the molecule is CCNC(=NCc1nc(C(C)C)cs1)NCC(c1cccnc1)C(C)C. The summed E-state index contributed by atoms with van der Waals surface area (Å²) in [6.45, 7) is 13.2. The molecule has 142 valence electrons. The Labute approximate surface area is 161 Å². The summed E-state index contributed by atoms with van der Waals surface area (Å²) in [5.41, 5.74) is 2.40. The molecule has 2 aromatic heterocycles. The Kier molecular flexibility index (Phi) is 8.04. The maximum atomic E-state index is 4.71. The van der Waals surface area contributed by atoms with Crippen LogP contribution in [0.3, 0.4) is 0 Å². The number of nitrogens with zero attached hydrogens (tertiary/aromatic N) is 3. The number of hydrogen-bond acceptors (Lipinski definition) is 4. The maximum absolute atomic E-state index is 4.71. The van der Waals surface area contributed by atoms with E-state index in [2.05, 4.69) is 66.7 Å². The quantitative estimate of drug-likeness (QED) is 0.539. The van der Waals surface area contributed by atoms with E-state index in [-0.39, 0.29) is 0 Å². The summed E-state index contributed by atoms with van der Waals surface area (Å²) in [4.78, 5) is 13.6. The van der Waals surface area contributed by atoms with Crippen LogP contribution in [0.1, 0.15) is 62.7 Å². The van der Waals surface area contributed by atoms with Crippen LogP contribution in [-0.4, -0.2) is 29.0 Å². The summed E-state index contributed by atoms with van der Waals surface area (Å²) in [5, 5.41) is 10.0. The lowest BCUT2D eigenvalue weighted by molar-refractivity contribution is 0.487. The Morgan fingerprint density at radius 3 is 2.62 bits per heavy atom. The molecule has 1 unspecified atom stereocenters. The third kappa shape index (κ3) is 6.09. The smallest absolute Gasteiger partial charge is 0.191 e. The fourth-order valence-electron chi connectivity index (χ4n) is 2.69. The Balaban J connectivity index is 2.01. The fraction of sp³-hybridized carbons (Fsp3) is 0.550. The molecule has 1 atom stereocenters. The molecule has 0 aromatic carbocycles. The second-order valence-electron chi connectivity index (χ2n) is 7.03. The van der Waals surface area contributed by atoms with Gasteiger partial charge >= 0.3 is 0 Å². The van der Waals surface area contributed by atoms with Gasteiger partial charge < -0.3 is 10.6 Å². The first-order valence-corrected chi connectivity index (χ1v) is 10.3. The van der Waals surface area contributed by atoms with Crippen LogP contribution in [0.2, 0.25) is 0 Å². The van der Waals surface area contributed by atoms with Crippen LogP contribution >= 0.6 is 11.3 Å². The lowest BCUT2D eigenvalue weighted by Gasteiger charge is -2.22. The van der Waals surface area contributed by atoms with Gasteiger partial charge in [0.1, 0.15) is 5.01 Å². The normalized spacial score (nSPS) is 13.3. The van der Waals surface area contributed by atoms with Gasteiger partial charge in [-0.05, 0) is 30.4 Å². The van der Waals surface area contributed by atoms with Crippen molar-refractivity contribution in [2.75, 3.05) is 13.1 Å². The first-order valence-electron chi connectivity index (χ1n) is 9.37. The second kappa shape index (κ2) is 10.3. The molecule has 0 aliphatic rings. The molecule has 0 bridgehead atoms. The minimum atomic E-state index is 0.389. The molecule has 2 aromatic rings.